The lowest BCUT2D eigenvalue weighted by molar-refractivity contribution is -0.124. The van der Waals surface area contributed by atoms with Crippen LogP contribution in [0.1, 0.15) is 19.3 Å². The summed E-state index contributed by atoms with van der Waals surface area (Å²) in [6, 6.07) is 4.93. The van der Waals surface area contributed by atoms with Gasteiger partial charge in [-0.2, -0.15) is 0 Å². The van der Waals surface area contributed by atoms with Crippen LogP contribution in [0.2, 0.25) is 0 Å². The lowest BCUT2D eigenvalue weighted by Gasteiger charge is -2.30. The van der Waals surface area contributed by atoms with Crippen LogP contribution in [0, 0.1) is 11.7 Å². The van der Waals surface area contributed by atoms with E-state index in [1.165, 1.54) is 17.4 Å². The number of halogens is 1. The van der Waals surface area contributed by atoms with E-state index in [0.29, 0.717) is 17.2 Å². The molecule has 0 bridgehead atoms. The van der Waals surface area contributed by atoms with Crippen molar-refractivity contribution < 1.29 is 9.18 Å². The van der Waals surface area contributed by atoms with E-state index in [-0.39, 0.29) is 17.6 Å². The smallest absolute Gasteiger partial charge is 0.231 e. The molecule has 0 aliphatic heterocycles. The van der Waals surface area contributed by atoms with Crippen LogP contribution in [0.5, 0.6) is 0 Å². The van der Waals surface area contributed by atoms with Gasteiger partial charge >= 0.3 is 0 Å². The molecule has 1 aliphatic rings. The molecular formula is C16H20FN3OS. The number of nitrogens with zero attached hydrogens (tertiary/aromatic N) is 3. The summed E-state index contributed by atoms with van der Waals surface area (Å²) in [6.45, 7) is 1.35. The molecule has 4 nitrogen and oxygen atoms in total. The average Bonchev–Trinajstić information content (AvgIpc) is 2.81. The number of hydrogen-bond donors (Lipinski definition) is 0. The minimum atomic E-state index is -0.330. The maximum atomic E-state index is 13.8. The largest absolute Gasteiger partial charge is 0.308 e. The van der Waals surface area contributed by atoms with Gasteiger partial charge in [0.1, 0.15) is 11.3 Å². The van der Waals surface area contributed by atoms with Gasteiger partial charge in [0.05, 0.1) is 4.70 Å². The molecular weight excluding hydrogens is 301 g/mol. The maximum Gasteiger partial charge on any atom is 0.231 e. The third-order valence-electron chi connectivity index (χ3n) is 4.08. The number of fused-ring (bicyclic) bond motifs is 1. The van der Waals surface area contributed by atoms with Gasteiger partial charge in [-0.3, -0.25) is 9.69 Å². The number of amides is 1. The first-order valence-electron chi connectivity index (χ1n) is 7.57. The lowest BCUT2D eigenvalue weighted by Crippen LogP contribution is -2.42. The molecule has 22 heavy (non-hydrogen) atoms. The highest BCUT2D eigenvalue weighted by Crippen LogP contribution is 2.34. The first-order valence-corrected chi connectivity index (χ1v) is 8.39. The zero-order valence-electron chi connectivity index (χ0n) is 12.9. The molecule has 0 unspecified atom stereocenters. The first-order chi connectivity index (χ1) is 10.6. The van der Waals surface area contributed by atoms with Gasteiger partial charge in [-0.15, -0.1) is 0 Å². The van der Waals surface area contributed by atoms with Gasteiger partial charge in [0, 0.05) is 19.0 Å². The molecule has 6 heteroatoms. The van der Waals surface area contributed by atoms with Crippen molar-refractivity contribution >= 4 is 32.6 Å². The molecule has 0 saturated heterocycles. The minimum Gasteiger partial charge on any atom is -0.308 e. The Morgan fingerprint density at radius 1 is 1.36 bits per heavy atom. The van der Waals surface area contributed by atoms with Crippen molar-refractivity contribution in [3.63, 3.8) is 0 Å². The Bertz CT molecular complexity index is 681. The van der Waals surface area contributed by atoms with E-state index in [2.05, 4.69) is 4.98 Å². The highest BCUT2D eigenvalue weighted by molar-refractivity contribution is 7.22. The van der Waals surface area contributed by atoms with Gasteiger partial charge < -0.3 is 4.90 Å². The maximum absolute atomic E-state index is 13.8. The molecule has 118 valence electrons. The van der Waals surface area contributed by atoms with E-state index in [1.54, 1.807) is 11.0 Å². The normalized spacial score (nSPS) is 15.3. The van der Waals surface area contributed by atoms with Crippen molar-refractivity contribution in [1.82, 2.24) is 9.88 Å². The van der Waals surface area contributed by atoms with Crippen molar-refractivity contribution in [2.75, 3.05) is 32.1 Å². The van der Waals surface area contributed by atoms with Crippen LogP contribution in [-0.4, -0.2) is 43.0 Å². The van der Waals surface area contributed by atoms with Gasteiger partial charge in [-0.1, -0.05) is 23.8 Å². The molecule has 1 aromatic heterocycles. The molecule has 1 heterocycles. The monoisotopic (exact) mass is 321 g/mol. The third-order valence-corrected chi connectivity index (χ3v) is 5.12. The number of rotatable bonds is 5. The summed E-state index contributed by atoms with van der Waals surface area (Å²) in [4.78, 5) is 20.8. The Morgan fingerprint density at radius 3 is 2.73 bits per heavy atom. The van der Waals surface area contributed by atoms with Crippen molar-refractivity contribution in [3.8, 4) is 0 Å². The number of aromatic nitrogens is 1. The predicted molar refractivity (Wildman–Crippen MR) is 87.8 cm³/mol. The second-order valence-corrected chi connectivity index (χ2v) is 7.01. The zero-order chi connectivity index (χ0) is 15.7. The SMILES string of the molecule is CN(C)CCN(C(=O)C1CCC1)c1nc2c(F)cccc2s1. The summed E-state index contributed by atoms with van der Waals surface area (Å²) in [5, 5.41) is 0.610. The summed E-state index contributed by atoms with van der Waals surface area (Å²) in [7, 11) is 3.95. The Hall–Kier alpha value is -1.53. The number of benzene rings is 1. The van der Waals surface area contributed by atoms with Crippen LogP contribution < -0.4 is 4.90 Å². The number of para-hydroxylation sites is 1. The third kappa shape index (κ3) is 2.98. The molecule has 2 aromatic rings. The van der Waals surface area contributed by atoms with Crippen LogP contribution in [0.3, 0.4) is 0 Å². The first kappa shape index (κ1) is 15.4. The lowest BCUT2D eigenvalue weighted by atomic mass is 9.84. The van der Waals surface area contributed by atoms with Crippen LogP contribution in [-0.2, 0) is 4.79 Å². The molecule has 0 N–H and O–H groups in total. The summed E-state index contributed by atoms with van der Waals surface area (Å²) in [5.74, 6) is -0.0877. The quantitative estimate of drug-likeness (QED) is 0.849. The standard InChI is InChI=1S/C16H20FN3OS/c1-19(2)9-10-20(15(21)11-5-3-6-11)16-18-14-12(17)7-4-8-13(14)22-16/h4,7-8,11H,3,5-6,9-10H2,1-2H3. The van der Waals surface area contributed by atoms with Crippen molar-refractivity contribution in [2.24, 2.45) is 5.92 Å². The summed E-state index contributed by atoms with van der Waals surface area (Å²) < 4.78 is 14.6. The fraction of sp³-hybridized carbons (Fsp3) is 0.500. The second-order valence-electron chi connectivity index (χ2n) is 6.00. The van der Waals surface area contributed by atoms with Gasteiger partial charge in [0.25, 0.3) is 0 Å². The zero-order valence-corrected chi connectivity index (χ0v) is 13.7. The topological polar surface area (TPSA) is 36.4 Å². The van der Waals surface area contributed by atoms with Gasteiger partial charge in [0.15, 0.2) is 5.13 Å². The Labute approximate surface area is 133 Å². The molecule has 1 aromatic carbocycles. The van der Waals surface area contributed by atoms with E-state index in [9.17, 15) is 9.18 Å². The van der Waals surface area contributed by atoms with Crippen LogP contribution >= 0.6 is 11.3 Å². The molecule has 3 rings (SSSR count). The van der Waals surface area contributed by atoms with E-state index < -0.39 is 0 Å². The summed E-state index contributed by atoms with van der Waals surface area (Å²) in [5.41, 5.74) is 0.360. The highest BCUT2D eigenvalue weighted by Gasteiger charge is 2.31. The molecule has 1 saturated carbocycles. The Morgan fingerprint density at radius 2 is 2.14 bits per heavy atom. The number of carbonyl (C=O) groups excluding carboxylic acids is 1. The van der Waals surface area contributed by atoms with Crippen molar-refractivity contribution in [2.45, 2.75) is 19.3 Å². The van der Waals surface area contributed by atoms with Crippen molar-refractivity contribution in [3.05, 3.63) is 24.0 Å². The number of hydrogen-bond acceptors (Lipinski definition) is 4. The minimum absolute atomic E-state index is 0.110. The van der Waals surface area contributed by atoms with E-state index in [1.807, 2.05) is 25.1 Å². The molecule has 0 spiro atoms. The van der Waals surface area contributed by atoms with E-state index >= 15 is 0 Å². The number of likely N-dealkylation sites (N-methyl/N-ethyl adjacent to an activating group) is 1. The number of carbonyl (C=O) groups is 1. The highest BCUT2D eigenvalue weighted by atomic mass is 32.1. The number of anilines is 1. The van der Waals surface area contributed by atoms with Gasteiger partial charge in [0.2, 0.25) is 5.91 Å². The summed E-state index contributed by atoms with van der Waals surface area (Å²) in [6.07, 6.45) is 3.03. The van der Waals surface area contributed by atoms with Crippen molar-refractivity contribution in [1.29, 1.82) is 0 Å². The van der Waals surface area contributed by atoms with Crippen LogP contribution in [0.4, 0.5) is 9.52 Å². The van der Waals surface area contributed by atoms with Crippen LogP contribution in [0.25, 0.3) is 10.2 Å². The fourth-order valence-electron chi connectivity index (χ4n) is 2.49. The average molecular weight is 321 g/mol. The second kappa shape index (κ2) is 6.30. The van der Waals surface area contributed by atoms with E-state index in [0.717, 1.165) is 30.5 Å². The summed E-state index contributed by atoms with van der Waals surface area (Å²) >= 11 is 1.39. The molecule has 1 aliphatic carbocycles. The predicted octanol–water partition coefficient (Wildman–Crippen LogP) is 3.13. The molecule has 1 amide bonds. The molecule has 1 fully saturated rings. The van der Waals surface area contributed by atoms with E-state index in [4.69, 9.17) is 0 Å². The Kier molecular flexibility index (Phi) is 4.40. The van der Waals surface area contributed by atoms with Gasteiger partial charge in [-0.25, -0.2) is 9.37 Å². The van der Waals surface area contributed by atoms with Crippen LogP contribution in [0.15, 0.2) is 18.2 Å². The number of thiazole rings is 1. The van der Waals surface area contributed by atoms with Gasteiger partial charge in [-0.05, 0) is 39.1 Å². The molecule has 0 radical (unpaired) electrons. The Balaban J connectivity index is 1.91. The fourth-order valence-corrected chi connectivity index (χ4v) is 3.51. The molecule has 0 atom stereocenters.